The van der Waals surface area contributed by atoms with Crippen LogP contribution < -0.4 is 5.32 Å². The van der Waals surface area contributed by atoms with Gasteiger partial charge in [-0.1, -0.05) is 49.0 Å². The van der Waals surface area contributed by atoms with Crippen molar-refractivity contribution >= 4 is 16.8 Å². The predicted octanol–water partition coefficient (Wildman–Crippen LogP) is 3.79. The van der Waals surface area contributed by atoms with E-state index in [1.54, 1.807) is 12.1 Å². The van der Waals surface area contributed by atoms with E-state index in [0.29, 0.717) is 5.56 Å². The summed E-state index contributed by atoms with van der Waals surface area (Å²) in [7, 11) is 0. The second-order valence-electron chi connectivity index (χ2n) is 4.24. The van der Waals surface area contributed by atoms with Gasteiger partial charge in [0.25, 0.3) is 5.91 Å². The number of carbonyl (C=O) groups excluding carboxylic acids is 1. The van der Waals surface area contributed by atoms with Gasteiger partial charge in [0.15, 0.2) is 0 Å². The minimum absolute atomic E-state index is 0.124. The number of amides is 1. The molecule has 0 fully saturated rings. The highest BCUT2D eigenvalue weighted by Crippen LogP contribution is 2.07. The van der Waals surface area contributed by atoms with Crippen LogP contribution >= 0.6 is 0 Å². The number of carbonyl (C=O) groups is 1. The van der Waals surface area contributed by atoms with Crippen molar-refractivity contribution < 1.29 is 4.79 Å². The van der Waals surface area contributed by atoms with E-state index >= 15 is 0 Å². The van der Waals surface area contributed by atoms with Crippen LogP contribution in [0.3, 0.4) is 0 Å². The monoisotopic (exact) mass is 276 g/mol. The molecule has 0 aliphatic heterocycles. The maximum absolute atomic E-state index is 11.1. The number of aromatic nitrogens is 1. The molecule has 0 unspecified atom stereocenters. The van der Waals surface area contributed by atoms with Gasteiger partial charge in [0.2, 0.25) is 0 Å². The lowest BCUT2D eigenvalue weighted by molar-refractivity contribution is 0.0970. The zero-order chi connectivity index (χ0) is 14.9. The van der Waals surface area contributed by atoms with E-state index in [-0.39, 0.29) is 5.91 Å². The molecule has 0 atom stereocenters. The molecule has 2 aromatic carbocycles. The summed E-state index contributed by atoms with van der Waals surface area (Å²) in [6.07, 6.45) is 3.18. The number of nitrogens with one attached hydrogen (secondary N) is 1. The minimum atomic E-state index is -0.124. The maximum atomic E-state index is 11.1. The van der Waals surface area contributed by atoms with Gasteiger partial charge in [0.1, 0.15) is 0 Å². The van der Waals surface area contributed by atoms with E-state index in [1.165, 1.54) is 11.6 Å². The van der Waals surface area contributed by atoms with Crippen LogP contribution in [0.1, 0.15) is 10.4 Å². The molecular weight excluding hydrogens is 260 g/mol. The van der Waals surface area contributed by atoms with Crippen molar-refractivity contribution in [1.29, 1.82) is 0 Å². The molecule has 0 saturated carbocycles. The number of fused-ring (bicyclic) bond motifs is 1. The fraction of sp³-hybridized carbons (Fsp3) is 0. The highest BCUT2D eigenvalue weighted by atomic mass is 16.1. The van der Waals surface area contributed by atoms with Crippen molar-refractivity contribution in [2.45, 2.75) is 0 Å². The number of nitrogens with zero attached hydrogens (tertiary/aromatic N) is 1. The molecule has 104 valence electrons. The average Bonchev–Trinajstić information content (AvgIpc) is 2.57. The van der Waals surface area contributed by atoms with E-state index in [0.717, 1.165) is 5.52 Å². The van der Waals surface area contributed by atoms with Gasteiger partial charge < -0.3 is 5.32 Å². The maximum Gasteiger partial charge on any atom is 0.255 e. The molecule has 0 radical (unpaired) electrons. The molecule has 1 N–H and O–H groups in total. The van der Waals surface area contributed by atoms with Crippen molar-refractivity contribution in [3.8, 4) is 0 Å². The number of benzene rings is 2. The quantitative estimate of drug-likeness (QED) is 0.773. The topological polar surface area (TPSA) is 42.0 Å². The average molecular weight is 276 g/mol. The summed E-state index contributed by atoms with van der Waals surface area (Å²) in [4.78, 5) is 15.2. The van der Waals surface area contributed by atoms with Gasteiger partial charge in [-0.05, 0) is 30.5 Å². The largest absolute Gasteiger partial charge is 0.329 e. The third-order valence-corrected chi connectivity index (χ3v) is 2.78. The van der Waals surface area contributed by atoms with Gasteiger partial charge in [0.05, 0.1) is 5.52 Å². The third kappa shape index (κ3) is 4.28. The molecule has 3 rings (SSSR count). The normalized spacial score (nSPS) is 9.33. The van der Waals surface area contributed by atoms with Gasteiger partial charge in [-0.25, -0.2) is 0 Å². The molecule has 0 bridgehead atoms. The van der Waals surface area contributed by atoms with Crippen LogP contribution in [0.2, 0.25) is 0 Å². The second-order valence-corrected chi connectivity index (χ2v) is 4.24. The first-order valence-electron chi connectivity index (χ1n) is 6.58. The van der Waals surface area contributed by atoms with Crippen LogP contribution in [0.5, 0.6) is 0 Å². The first-order chi connectivity index (χ1) is 10.3. The number of rotatable bonds is 2. The Hall–Kier alpha value is -2.94. The van der Waals surface area contributed by atoms with Crippen molar-refractivity contribution in [3.05, 3.63) is 91.3 Å². The standard InChI is InChI=1S/C9H9NO.C9H7N/c1-2-10-9(11)8-6-4-3-5-7-8;1-2-6-9-8(4-1)5-3-7-10-9/h2-7H,1H2,(H,10,11);1-7H. The van der Waals surface area contributed by atoms with Crippen LogP contribution in [-0.4, -0.2) is 10.9 Å². The molecule has 0 spiro atoms. The van der Waals surface area contributed by atoms with Gasteiger partial charge in [-0.15, -0.1) is 0 Å². The Kier molecular flexibility index (Phi) is 5.24. The highest BCUT2D eigenvalue weighted by molar-refractivity contribution is 5.94. The van der Waals surface area contributed by atoms with Crippen LogP contribution in [0.25, 0.3) is 10.9 Å². The minimum Gasteiger partial charge on any atom is -0.329 e. The van der Waals surface area contributed by atoms with E-state index in [1.807, 2.05) is 48.7 Å². The fourth-order valence-corrected chi connectivity index (χ4v) is 1.78. The Morgan fingerprint density at radius 3 is 2.33 bits per heavy atom. The Labute approximate surface area is 124 Å². The number of hydrogen-bond acceptors (Lipinski definition) is 2. The molecule has 0 aliphatic carbocycles. The molecule has 21 heavy (non-hydrogen) atoms. The summed E-state index contributed by atoms with van der Waals surface area (Å²) >= 11 is 0. The SMILES string of the molecule is C=CNC(=O)c1ccccc1.c1ccc2ncccc2c1. The zero-order valence-corrected chi connectivity index (χ0v) is 11.6. The van der Waals surface area contributed by atoms with Gasteiger partial charge in [-0.3, -0.25) is 9.78 Å². The van der Waals surface area contributed by atoms with Crippen molar-refractivity contribution in [3.63, 3.8) is 0 Å². The Bertz CT molecular complexity index is 658. The van der Waals surface area contributed by atoms with E-state index in [2.05, 4.69) is 29.0 Å². The van der Waals surface area contributed by atoms with Crippen LogP contribution in [0.4, 0.5) is 0 Å². The predicted molar refractivity (Wildman–Crippen MR) is 85.8 cm³/mol. The number of pyridine rings is 1. The molecule has 1 aromatic heterocycles. The van der Waals surface area contributed by atoms with Gasteiger partial charge >= 0.3 is 0 Å². The smallest absolute Gasteiger partial charge is 0.255 e. The van der Waals surface area contributed by atoms with E-state index < -0.39 is 0 Å². The summed E-state index contributed by atoms with van der Waals surface area (Å²) in [5, 5.41) is 3.69. The van der Waals surface area contributed by atoms with E-state index in [4.69, 9.17) is 0 Å². The molecule has 3 nitrogen and oxygen atoms in total. The second kappa shape index (κ2) is 7.60. The summed E-state index contributed by atoms with van der Waals surface area (Å²) in [6, 6.07) is 21.1. The molecule has 0 aliphatic rings. The van der Waals surface area contributed by atoms with Crippen LogP contribution in [0, 0.1) is 0 Å². The summed E-state index contributed by atoms with van der Waals surface area (Å²) < 4.78 is 0. The molecular formula is C18H16N2O. The summed E-state index contributed by atoms with van der Waals surface area (Å²) in [6.45, 7) is 3.39. The number of hydrogen-bond donors (Lipinski definition) is 1. The first-order valence-corrected chi connectivity index (χ1v) is 6.58. The summed E-state index contributed by atoms with van der Waals surface area (Å²) in [5.41, 5.74) is 1.71. The third-order valence-electron chi connectivity index (χ3n) is 2.78. The Morgan fingerprint density at radius 1 is 0.952 bits per heavy atom. The first kappa shape index (κ1) is 14.5. The van der Waals surface area contributed by atoms with E-state index in [9.17, 15) is 4.79 Å². The summed E-state index contributed by atoms with van der Waals surface area (Å²) in [5.74, 6) is -0.124. The molecule has 1 heterocycles. The van der Waals surface area contributed by atoms with Crippen molar-refractivity contribution in [2.75, 3.05) is 0 Å². The van der Waals surface area contributed by atoms with Crippen molar-refractivity contribution in [1.82, 2.24) is 10.3 Å². The molecule has 1 amide bonds. The lowest BCUT2D eigenvalue weighted by Crippen LogP contribution is -2.15. The van der Waals surface area contributed by atoms with Crippen LogP contribution in [-0.2, 0) is 0 Å². The van der Waals surface area contributed by atoms with Gasteiger partial charge in [0, 0.05) is 17.1 Å². The zero-order valence-electron chi connectivity index (χ0n) is 11.6. The van der Waals surface area contributed by atoms with Crippen molar-refractivity contribution in [2.24, 2.45) is 0 Å². The lowest BCUT2D eigenvalue weighted by Gasteiger charge is -1.97. The van der Waals surface area contributed by atoms with Crippen LogP contribution in [0.15, 0.2) is 85.7 Å². The Morgan fingerprint density at radius 2 is 1.62 bits per heavy atom. The fourth-order valence-electron chi connectivity index (χ4n) is 1.78. The molecule has 3 aromatic rings. The Balaban J connectivity index is 0.000000154. The molecule has 3 heteroatoms. The lowest BCUT2D eigenvalue weighted by atomic mass is 10.2. The number of para-hydroxylation sites is 1. The molecule has 0 saturated heterocycles. The van der Waals surface area contributed by atoms with Gasteiger partial charge in [-0.2, -0.15) is 0 Å². The highest BCUT2D eigenvalue weighted by Gasteiger charge is 1.99.